The maximum absolute atomic E-state index is 3.46. The van der Waals surface area contributed by atoms with Gasteiger partial charge in [0.2, 0.25) is 0 Å². The van der Waals surface area contributed by atoms with E-state index in [1.54, 1.807) is 0 Å². The molecule has 1 rings (SSSR count). The van der Waals surface area contributed by atoms with E-state index in [0.29, 0.717) is 0 Å². The fourth-order valence-electron chi connectivity index (χ4n) is 1.59. The van der Waals surface area contributed by atoms with Gasteiger partial charge >= 0.3 is 0 Å². The van der Waals surface area contributed by atoms with Crippen LogP contribution in [0.15, 0.2) is 47.7 Å². The van der Waals surface area contributed by atoms with E-state index >= 15 is 0 Å². The topological polar surface area (TPSA) is 12.0 Å². The van der Waals surface area contributed by atoms with Gasteiger partial charge in [-0.1, -0.05) is 43.7 Å². The fourth-order valence-corrected chi connectivity index (χ4v) is 1.59. The van der Waals surface area contributed by atoms with Crippen molar-refractivity contribution in [3.8, 4) is 0 Å². The van der Waals surface area contributed by atoms with Crippen molar-refractivity contribution in [1.82, 2.24) is 0 Å². The Kier molecular flexibility index (Phi) is 5.55. The van der Waals surface area contributed by atoms with Gasteiger partial charge in [0.1, 0.15) is 0 Å². The molecule has 0 fully saturated rings. The fraction of sp³-hybridized carbons (Fsp3) is 0.375. The molecule has 1 heteroatoms. The molecule has 0 atom stereocenters. The summed E-state index contributed by atoms with van der Waals surface area (Å²) in [6, 6.07) is 8.46. The zero-order chi connectivity index (χ0) is 12.7. The molecule has 0 aromatic heterocycles. The van der Waals surface area contributed by atoms with Crippen LogP contribution in [0.25, 0.3) is 0 Å². The predicted molar refractivity (Wildman–Crippen MR) is 77.2 cm³/mol. The minimum Gasteiger partial charge on any atom is -0.359 e. The van der Waals surface area contributed by atoms with Crippen LogP contribution >= 0.6 is 0 Å². The monoisotopic (exact) mass is 229 g/mol. The number of rotatable bonds is 5. The van der Waals surface area contributed by atoms with Crippen molar-refractivity contribution >= 4 is 5.69 Å². The Morgan fingerprint density at radius 1 is 1.12 bits per heavy atom. The Bertz CT molecular complexity index is 413. The number of anilines is 1. The zero-order valence-corrected chi connectivity index (χ0v) is 11.4. The molecular formula is C16H23N. The lowest BCUT2D eigenvalue weighted by atomic mass is 10.1. The largest absolute Gasteiger partial charge is 0.359 e. The highest BCUT2D eigenvalue weighted by atomic mass is 14.9. The lowest BCUT2D eigenvalue weighted by Crippen LogP contribution is -1.98. The highest BCUT2D eigenvalue weighted by molar-refractivity contribution is 5.54. The summed E-state index contributed by atoms with van der Waals surface area (Å²) in [6.07, 6.45) is 6.48. The van der Waals surface area contributed by atoms with Crippen LogP contribution in [0, 0.1) is 0 Å². The Morgan fingerprint density at radius 3 is 2.47 bits per heavy atom. The van der Waals surface area contributed by atoms with Gasteiger partial charge in [-0.15, -0.1) is 0 Å². The molecule has 0 unspecified atom stereocenters. The van der Waals surface area contributed by atoms with Crippen LogP contribution < -0.4 is 5.32 Å². The first kappa shape index (κ1) is 13.6. The minimum absolute atomic E-state index is 1.06. The molecule has 0 amide bonds. The summed E-state index contributed by atoms with van der Waals surface area (Å²) in [7, 11) is 0. The van der Waals surface area contributed by atoms with Crippen LogP contribution in [-0.2, 0) is 6.42 Å². The number of para-hydroxylation sites is 1. The first-order valence-electron chi connectivity index (χ1n) is 6.36. The van der Waals surface area contributed by atoms with E-state index < -0.39 is 0 Å². The molecule has 0 radical (unpaired) electrons. The molecule has 0 aliphatic rings. The van der Waals surface area contributed by atoms with Crippen molar-refractivity contribution in [2.75, 3.05) is 5.32 Å². The van der Waals surface area contributed by atoms with Crippen molar-refractivity contribution in [3.05, 3.63) is 53.3 Å². The van der Waals surface area contributed by atoms with Crippen molar-refractivity contribution in [2.24, 2.45) is 0 Å². The summed E-state index contributed by atoms with van der Waals surface area (Å²) in [4.78, 5) is 0. The predicted octanol–water partition coefficient (Wildman–Crippen LogP) is 4.92. The lowest BCUT2D eigenvalue weighted by Gasteiger charge is -2.10. The molecule has 0 saturated heterocycles. The summed E-state index contributed by atoms with van der Waals surface area (Å²) in [6.45, 7) is 8.62. The van der Waals surface area contributed by atoms with E-state index in [2.05, 4.69) is 69.4 Å². The third-order valence-corrected chi connectivity index (χ3v) is 2.91. The third kappa shape index (κ3) is 4.48. The van der Waals surface area contributed by atoms with Crippen LogP contribution in [-0.4, -0.2) is 0 Å². The number of allylic oxidation sites excluding steroid dienone is 4. The standard InChI is InChI=1S/C16H23N/c1-5-13(3)11-12-14(4)17-16-10-8-7-9-15(16)6-2/h7-12,17H,5-6H2,1-4H3/b13-11+,14-12+. The maximum Gasteiger partial charge on any atom is 0.0414 e. The third-order valence-electron chi connectivity index (χ3n) is 2.91. The second kappa shape index (κ2) is 6.95. The number of nitrogens with one attached hydrogen (secondary N) is 1. The van der Waals surface area contributed by atoms with Gasteiger partial charge in [-0.25, -0.2) is 0 Å². The summed E-state index contributed by atoms with van der Waals surface area (Å²) in [5.41, 5.74) is 5.15. The molecule has 1 N–H and O–H groups in total. The molecule has 0 spiro atoms. The van der Waals surface area contributed by atoms with Crippen molar-refractivity contribution in [3.63, 3.8) is 0 Å². The Morgan fingerprint density at radius 2 is 1.82 bits per heavy atom. The molecule has 1 aromatic rings. The first-order valence-corrected chi connectivity index (χ1v) is 6.36. The highest BCUT2D eigenvalue weighted by Gasteiger charge is 1.98. The second-order valence-electron chi connectivity index (χ2n) is 4.35. The second-order valence-corrected chi connectivity index (χ2v) is 4.35. The smallest absolute Gasteiger partial charge is 0.0414 e. The summed E-state index contributed by atoms with van der Waals surface area (Å²) in [5.74, 6) is 0. The highest BCUT2D eigenvalue weighted by Crippen LogP contribution is 2.17. The maximum atomic E-state index is 3.46. The molecule has 0 aliphatic carbocycles. The minimum atomic E-state index is 1.06. The summed E-state index contributed by atoms with van der Waals surface area (Å²) >= 11 is 0. The Hall–Kier alpha value is -1.50. The summed E-state index contributed by atoms with van der Waals surface area (Å²) < 4.78 is 0. The van der Waals surface area contributed by atoms with E-state index in [1.165, 1.54) is 22.5 Å². The normalized spacial score (nSPS) is 12.7. The number of aryl methyl sites for hydroxylation is 1. The Balaban J connectivity index is 2.77. The molecule has 0 aliphatic heterocycles. The van der Waals surface area contributed by atoms with E-state index in [9.17, 15) is 0 Å². The molecule has 1 nitrogen and oxygen atoms in total. The molecule has 0 bridgehead atoms. The van der Waals surface area contributed by atoms with Gasteiger partial charge in [-0.2, -0.15) is 0 Å². The Labute approximate surface area is 105 Å². The van der Waals surface area contributed by atoms with Gasteiger partial charge in [-0.05, 0) is 44.4 Å². The first-order chi connectivity index (χ1) is 8.17. The van der Waals surface area contributed by atoms with Crippen molar-refractivity contribution in [1.29, 1.82) is 0 Å². The molecule has 1 aromatic carbocycles. The SMILES string of the molecule is CC/C(C)=C/C=C(\C)Nc1ccccc1CC. The van der Waals surface area contributed by atoms with Crippen LogP contribution in [0.1, 0.15) is 39.7 Å². The molecular weight excluding hydrogens is 206 g/mol. The molecule has 92 valence electrons. The average molecular weight is 229 g/mol. The van der Waals surface area contributed by atoms with E-state index in [4.69, 9.17) is 0 Å². The number of benzene rings is 1. The molecule has 0 heterocycles. The van der Waals surface area contributed by atoms with Crippen molar-refractivity contribution < 1.29 is 0 Å². The van der Waals surface area contributed by atoms with Crippen LogP contribution in [0.5, 0.6) is 0 Å². The summed E-state index contributed by atoms with van der Waals surface area (Å²) in [5, 5.41) is 3.46. The van der Waals surface area contributed by atoms with E-state index in [1.807, 2.05) is 0 Å². The van der Waals surface area contributed by atoms with Gasteiger partial charge in [0.25, 0.3) is 0 Å². The number of hydrogen-bond acceptors (Lipinski definition) is 1. The molecule has 0 saturated carbocycles. The average Bonchev–Trinajstić information content (AvgIpc) is 2.36. The quantitative estimate of drug-likeness (QED) is 0.706. The van der Waals surface area contributed by atoms with Gasteiger partial charge in [-0.3, -0.25) is 0 Å². The van der Waals surface area contributed by atoms with E-state index in [0.717, 1.165) is 12.8 Å². The van der Waals surface area contributed by atoms with Crippen LogP contribution in [0.3, 0.4) is 0 Å². The van der Waals surface area contributed by atoms with Gasteiger partial charge in [0.05, 0.1) is 0 Å². The van der Waals surface area contributed by atoms with Crippen molar-refractivity contribution in [2.45, 2.75) is 40.5 Å². The van der Waals surface area contributed by atoms with Gasteiger partial charge in [0.15, 0.2) is 0 Å². The van der Waals surface area contributed by atoms with Gasteiger partial charge in [0, 0.05) is 11.4 Å². The lowest BCUT2D eigenvalue weighted by molar-refractivity contribution is 1.10. The van der Waals surface area contributed by atoms with E-state index in [-0.39, 0.29) is 0 Å². The molecule has 17 heavy (non-hydrogen) atoms. The zero-order valence-electron chi connectivity index (χ0n) is 11.4. The van der Waals surface area contributed by atoms with Crippen LogP contribution in [0.2, 0.25) is 0 Å². The van der Waals surface area contributed by atoms with Gasteiger partial charge < -0.3 is 5.32 Å². The van der Waals surface area contributed by atoms with Crippen LogP contribution in [0.4, 0.5) is 5.69 Å². The number of hydrogen-bond donors (Lipinski definition) is 1.